The van der Waals surface area contributed by atoms with Gasteiger partial charge in [0.15, 0.2) is 0 Å². The molecule has 0 spiro atoms. The van der Waals surface area contributed by atoms with Gasteiger partial charge in [-0.25, -0.2) is 4.79 Å². The molecule has 18 heavy (non-hydrogen) atoms. The molecule has 1 aliphatic heterocycles. The summed E-state index contributed by atoms with van der Waals surface area (Å²) in [6, 6.07) is 0. The Bertz CT molecular complexity index is 304. The summed E-state index contributed by atoms with van der Waals surface area (Å²) in [7, 11) is 0. The van der Waals surface area contributed by atoms with Crippen molar-refractivity contribution >= 4 is 12.1 Å². The Morgan fingerprint density at radius 3 is 2.17 bits per heavy atom. The van der Waals surface area contributed by atoms with Crippen LogP contribution in [0.5, 0.6) is 0 Å². The first kappa shape index (κ1) is 14.8. The van der Waals surface area contributed by atoms with Gasteiger partial charge in [-0.2, -0.15) is 0 Å². The highest BCUT2D eigenvalue weighted by Gasteiger charge is 2.25. The van der Waals surface area contributed by atoms with E-state index in [1.165, 1.54) is 0 Å². The lowest BCUT2D eigenvalue weighted by atomic mass is 10.2. The third kappa shape index (κ3) is 5.35. The van der Waals surface area contributed by atoms with Crippen molar-refractivity contribution in [3.05, 3.63) is 0 Å². The van der Waals surface area contributed by atoms with Crippen LogP contribution in [0.3, 0.4) is 0 Å². The van der Waals surface area contributed by atoms with Crippen LogP contribution in [0, 0.1) is 0 Å². The van der Waals surface area contributed by atoms with Crippen molar-refractivity contribution < 1.29 is 19.4 Å². The summed E-state index contributed by atoms with van der Waals surface area (Å²) in [6.45, 7) is 8.65. The van der Waals surface area contributed by atoms with Crippen LogP contribution in [0.25, 0.3) is 0 Å². The number of aliphatic carboxylic acids is 1. The van der Waals surface area contributed by atoms with Crippen LogP contribution in [-0.2, 0) is 9.53 Å². The van der Waals surface area contributed by atoms with Crippen LogP contribution in [0.1, 0.15) is 27.2 Å². The molecule has 0 atom stereocenters. The molecule has 1 fully saturated rings. The maximum absolute atomic E-state index is 11.8. The van der Waals surface area contributed by atoms with E-state index in [1.807, 2.05) is 20.8 Å². The quantitative estimate of drug-likeness (QED) is 0.818. The molecule has 0 unspecified atom stereocenters. The Kier molecular flexibility index (Phi) is 4.95. The fourth-order valence-electron chi connectivity index (χ4n) is 1.73. The van der Waals surface area contributed by atoms with Crippen LogP contribution in [0.4, 0.5) is 4.79 Å². The number of carbonyl (C=O) groups is 2. The van der Waals surface area contributed by atoms with Crippen molar-refractivity contribution in [2.45, 2.75) is 32.8 Å². The van der Waals surface area contributed by atoms with Gasteiger partial charge in [-0.15, -0.1) is 0 Å². The Balaban J connectivity index is 2.30. The fourth-order valence-corrected chi connectivity index (χ4v) is 1.73. The number of piperazine rings is 1. The van der Waals surface area contributed by atoms with Gasteiger partial charge in [0.1, 0.15) is 5.60 Å². The van der Waals surface area contributed by atoms with Crippen molar-refractivity contribution in [2.24, 2.45) is 0 Å². The summed E-state index contributed by atoms with van der Waals surface area (Å²) >= 11 is 0. The normalized spacial score (nSPS) is 17.6. The minimum absolute atomic E-state index is 0.145. The smallest absolute Gasteiger partial charge is 0.410 e. The van der Waals surface area contributed by atoms with Crippen LogP contribution in [0.2, 0.25) is 0 Å². The maximum atomic E-state index is 11.8. The van der Waals surface area contributed by atoms with Gasteiger partial charge in [-0.1, -0.05) is 0 Å². The Hall–Kier alpha value is -1.30. The van der Waals surface area contributed by atoms with Gasteiger partial charge >= 0.3 is 12.1 Å². The molecule has 0 aromatic carbocycles. The monoisotopic (exact) mass is 258 g/mol. The van der Waals surface area contributed by atoms with E-state index in [2.05, 4.69) is 4.90 Å². The molecule has 1 amide bonds. The largest absolute Gasteiger partial charge is 0.481 e. The van der Waals surface area contributed by atoms with E-state index >= 15 is 0 Å². The first-order valence-corrected chi connectivity index (χ1v) is 6.20. The maximum Gasteiger partial charge on any atom is 0.410 e. The molecule has 0 aliphatic carbocycles. The lowest BCUT2D eigenvalue weighted by Gasteiger charge is -2.35. The molecule has 0 bridgehead atoms. The second-order valence-electron chi connectivity index (χ2n) is 5.45. The highest BCUT2D eigenvalue weighted by molar-refractivity contribution is 5.68. The summed E-state index contributed by atoms with van der Waals surface area (Å²) in [5, 5.41) is 8.60. The summed E-state index contributed by atoms with van der Waals surface area (Å²) in [5.41, 5.74) is -0.475. The lowest BCUT2D eigenvalue weighted by Crippen LogP contribution is -2.50. The summed E-state index contributed by atoms with van der Waals surface area (Å²) in [4.78, 5) is 26.0. The van der Waals surface area contributed by atoms with Crippen molar-refractivity contribution in [2.75, 3.05) is 32.7 Å². The number of carboxylic acid groups (broad SMARTS) is 1. The molecule has 1 heterocycles. The molecular formula is C12H22N2O4. The zero-order chi connectivity index (χ0) is 13.8. The molecule has 0 aromatic rings. The lowest BCUT2D eigenvalue weighted by molar-refractivity contribution is -0.137. The topological polar surface area (TPSA) is 70.1 Å². The number of nitrogens with zero attached hydrogens (tertiary/aromatic N) is 2. The van der Waals surface area contributed by atoms with Crippen molar-refractivity contribution in [3.63, 3.8) is 0 Å². The van der Waals surface area contributed by atoms with Crippen molar-refractivity contribution in [1.29, 1.82) is 0 Å². The number of hydrogen-bond acceptors (Lipinski definition) is 4. The fraction of sp³-hybridized carbons (Fsp3) is 0.833. The molecule has 1 aliphatic rings. The molecule has 1 N–H and O–H groups in total. The van der Waals surface area contributed by atoms with Crippen molar-refractivity contribution in [1.82, 2.24) is 9.80 Å². The predicted molar refractivity (Wildman–Crippen MR) is 66.5 cm³/mol. The molecular weight excluding hydrogens is 236 g/mol. The van der Waals surface area contributed by atoms with E-state index in [1.54, 1.807) is 4.90 Å². The van der Waals surface area contributed by atoms with Gasteiger partial charge in [0.05, 0.1) is 6.42 Å². The molecule has 1 rings (SSSR count). The van der Waals surface area contributed by atoms with E-state index in [0.717, 1.165) is 0 Å². The van der Waals surface area contributed by atoms with E-state index < -0.39 is 11.6 Å². The van der Waals surface area contributed by atoms with Crippen molar-refractivity contribution in [3.8, 4) is 0 Å². The van der Waals surface area contributed by atoms with Crippen LogP contribution >= 0.6 is 0 Å². The number of amides is 1. The van der Waals surface area contributed by atoms with E-state index in [9.17, 15) is 9.59 Å². The second-order valence-corrected chi connectivity index (χ2v) is 5.45. The van der Waals surface area contributed by atoms with Gasteiger partial charge in [-0.3, -0.25) is 9.69 Å². The molecule has 6 nitrogen and oxygen atoms in total. The highest BCUT2D eigenvalue weighted by Crippen LogP contribution is 2.11. The van der Waals surface area contributed by atoms with E-state index in [-0.39, 0.29) is 12.5 Å². The SMILES string of the molecule is CC(C)(C)OC(=O)N1CCN(CCC(=O)O)CC1. The predicted octanol–water partition coefficient (Wildman–Crippen LogP) is 1.01. The van der Waals surface area contributed by atoms with Gasteiger partial charge in [0.25, 0.3) is 0 Å². The van der Waals surface area contributed by atoms with Gasteiger partial charge in [0.2, 0.25) is 0 Å². The summed E-state index contributed by atoms with van der Waals surface area (Å²) in [6.07, 6.45) is -0.146. The Morgan fingerprint density at radius 2 is 1.72 bits per heavy atom. The molecule has 0 aromatic heterocycles. The minimum atomic E-state index is -0.787. The minimum Gasteiger partial charge on any atom is -0.481 e. The van der Waals surface area contributed by atoms with E-state index in [4.69, 9.17) is 9.84 Å². The molecule has 1 saturated heterocycles. The third-order valence-corrected chi connectivity index (χ3v) is 2.67. The van der Waals surface area contributed by atoms with E-state index in [0.29, 0.717) is 32.7 Å². The third-order valence-electron chi connectivity index (χ3n) is 2.67. The molecule has 6 heteroatoms. The number of carbonyl (C=O) groups excluding carboxylic acids is 1. The summed E-state index contributed by atoms with van der Waals surface area (Å²) < 4.78 is 5.28. The highest BCUT2D eigenvalue weighted by atomic mass is 16.6. The number of hydrogen-bond donors (Lipinski definition) is 1. The second kappa shape index (κ2) is 6.04. The average Bonchev–Trinajstić information content (AvgIpc) is 2.24. The first-order chi connectivity index (χ1) is 8.28. The first-order valence-electron chi connectivity index (χ1n) is 6.20. The zero-order valence-corrected chi connectivity index (χ0v) is 11.3. The number of carboxylic acids is 1. The van der Waals surface area contributed by atoms with Crippen LogP contribution in [-0.4, -0.2) is 65.3 Å². The van der Waals surface area contributed by atoms with Crippen LogP contribution in [0.15, 0.2) is 0 Å². The Labute approximate surface area is 107 Å². The number of ether oxygens (including phenoxy) is 1. The van der Waals surface area contributed by atoms with Gasteiger partial charge in [0, 0.05) is 32.7 Å². The standard InChI is InChI=1S/C12H22N2O4/c1-12(2,3)18-11(17)14-8-6-13(7-9-14)5-4-10(15)16/h4-9H2,1-3H3,(H,15,16). The molecule has 0 saturated carbocycles. The number of rotatable bonds is 3. The zero-order valence-electron chi connectivity index (χ0n) is 11.3. The summed E-state index contributed by atoms with van der Waals surface area (Å²) in [5.74, 6) is -0.787. The average molecular weight is 258 g/mol. The molecule has 0 radical (unpaired) electrons. The van der Waals surface area contributed by atoms with Gasteiger partial charge < -0.3 is 14.7 Å². The van der Waals surface area contributed by atoms with Gasteiger partial charge in [-0.05, 0) is 20.8 Å². The molecule has 104 valence electrons. The van der Waals surface area contributed by atoms with Crippen LogP contribution < -0.4 is 0 Å². The Morgan fingerprint density at radius 1 is 1.17 bits per heavy atom.